The summed E-state index contributed by atoms with van der Waals surface area (Å²) in [5, 5.41) is 10.4. The zero-order valence-corrected chi connectivity index (χ0v) is 27.4. The van der Waals surface area contributed by atoms with Crippen molar-refractivity contribution in [3.63, 3.8) is 0 Å². The van der Waals surface area contributed by atoms with Crippen LogP contribution in [0.1, 0.15) is 40.5 Å². The normalized spacial score (nSPS) is 17.9. The first-order chi connectivity index (χ1) is 23.1. The maximum Gasteiger partial charge on any atom is 0.145 e. The average molecular weight is 624 g/mol. The van der Waals surface area contributed by atoms with Crippen molar-refractivity contribution >= 4 is 63.5 Å². The summed E-state index contributed by atoms with van der Waals surface area (Å²) in [6.45, 7) is 4.93. The van der Waals surface area contributed by atoms with Gasteiger partial charge in [0.2, 0.25) is 0 Å². The molecule has 7 aromatic rings. The number of aryl methyl sites for hydroxylation is 1. The molecule has 226 valence electrons. The van der Waals surface area contributed by atoms with Crippen LogP contribution >= 0.6 is 0 Å². The van der Waals surface area contributed by atoms with Crippen molar-refractivity contribution < 1.29 is 4.42 Å². The maximum atomic E-state index is 6.57. The van der Waals surface area contributed by atoms with Gasteiger partial charge in [-0.1, -0.05) is 104 Å². The van der Waals surface area contributed by atoms with Crippen LogP contribution in [0.2, 0.25) is 13.1 Å². The van der Waals surface area contributed by atoms with Gasteiger partial charge in [-0.2, -0.15) is 0 Å². The molecule has 2 aliphatic heterocycles. The zero-order chi connectivity index (χ0) is 31.3. The zero-order valence-electron chi connectivity index (χ0n) is 26.4. The lowest BCUT2D eigenvalue weighted by molar-refractivity contribution is 0.640. The van der Waals surface area contributed by atoms with Gasteiger partial charge in [-0.3, -0.25) is 4.99 Å². The summed E-state index contributed by atoms with van der Waals surface area (Å²) in [6.07, 6.45) is 6.43. The smallest absolute Gasteiger partial charge is 0.145 e. The Kier molecular flexibility index (Phi) is 5.59. The lowest BCUT2D eigenvalue weighted by Crippen LogP contribution is -2.47. The van der Waals surface area contributed by atoms with E-state index < -0.39 is 8.07 Å². The monoisotopic (exact) mass is 623 g/mol. The molecule has 1 unspecified atom stereocenters. The third-order valence-corrected chi connectivity index (χ3v) is 13.9. The number of hydrogen-bond acceptors (Lipinski definition) is 3. The Hall–Kier alpha value is -5.39. The minimum Gasteiger partial charge on any atom is -0.455 e. The molecule has 0 spiro atoms. The molecule has 1 aliphatic carbocycles. The number of aliphatic imine (C=N–C) groups is 1. The summed E-state index contributed by atoms with van der Waals surface area (Å²) in [5.41, 5.74) is 12.9. The molecule has 0 radical (unpaired) electrons. The Morgan fingerprint density at radius 3 is 2.57 bits per heavy atom. The van der Waals surface area contributed by atoms with Gasteiger partial charge in [0.05, 0.1) is 11.2 Å². The van der Waals surface area contributed by atoms with Gasteiger partial charge in [0.15, 0.2) is 0 Å². The summed E-state index contributed by atoms with van der Waals surface area (Å²) in [4.78, 5) is 5.50. The number of benzene rings is 5. The summed E-state index contributed by atoms with van der Waals surface area (Å²) in [7, 11) is -1.97. The standard InChI is InChI=1S/C42H33N3OSi/c1-47(2)36-22-11-8-19-32(36)38-39(26-13-4-3-5-14-26)43-41(44-42(38)47)27-15-12-16-28(25-27)45-33-20-9-6-18-31(33)37-34(45)24-23-30-29-17-7-10-21-35(29)46-40(30)37/h3-5,7-17,19-25,41,44H,6,18H2,1-2H3. The highest BCUT2D eigenvalue weighted by Gasteiger charge is 2.44. The van der Waals surface area contributed by atoms with Crippen molar-refractivity contribution in [1.82, 2.24) is 9.88 Å². The SMILES string of the molecule is C[Si]1(C)C2=C(C(c3ccccc3)=NC(c3cccc(-n4c5c(c6c7oc8ccccc8c7ccc64)CCC=C5)c3)N2)c2ccccc21. The molecule has 4 nitrogen and oxygen atoms in total. The first-order valence-corrected chi connectivity index (χ1v) is 19.6. The number of nitrogens with one attached hydrogen (secondary N) is 1. The van der Waals surface area contributed by atoms with Crippen molar-refractivity contribution in [3.05, 3.63) is 155 Å². The van der Waals surface area contributed by atoms with E-state index in [0.29, 0.717) is 0 Å². The minimum absolute atomic E-state index is 0.194. The lowest BCUT2D eigenvalue weighted by Gasteiger charge is -2.31. The van der Waals surface area contributed by atoms with Crippen molar-refractivity contribution in [3.8, 4) is 5.69 Å². The number of para-hydroxylation sites is 1. The van der Waals surface area contributed by atoms with Crippen LogP contribution in [0.15, 0.2) is 136 Å². The van der Waals surface area contributed by atoms with E-state index in [0.717, 1.165) is 46.5 Å². The topological polar surface area (TPSA) is 42.5 Å². The van der Waals surface area contributed by atoms with Crippen LogP contribution in [0.5, 0.6) is 0 Å². The number of rotatable bonds is 3. The molecular formula is C42H33N3OSi. The Morgan fingerprint density at radius 2 is 1.66 bits per heavy atom. The molecule has 4 heterocycles. The van der Waals surface area contributed by atoms with Crippen LogP contribution in [0.4, 0.5) is 0 Å². The molecule has 1 atom stereocenters. The second-order valence-electron chi connectivity index (χ2n) is 13.5. The van der Waals surface area contributed by atoms with Gasteiger partial charge >= 0.3 is 0 Å². The van der Waals surface area contributed by atoms with Crippen LogP contribution in [0.25, 0.3) is 50.2 Å². The Labute approximate surface area is 274 Å². The summed E-state index contributed by atoms with van der Waals surface area (Å²) >= 11 is 0. The van der Waals surface area contributed by atoms with E-state index in [1.165, 1.54) is 54.6 Å². The number of allylic oxidation sites excluding steroid dienone is 2. The summed E-state index contributed by atoms with van der Waals surface area (Å²) in [6, 6.07) is 41.5. The van der Waals surface area contributed by atoms with Gasteiger partial charge in [0.25, 0.3) is 0 Å². The van der Waals surface area contributed by atoms with E-state index in [1.807, 2.05) is 0 Å². The van der Waals surface area contributed by atoms with Gasteiger partial charge in [-0.05, 0) is 71.1 Å². The first kappa shape index (κ1) is 26.8. The quantitative estimate of drug-likeness (QED) is 0.199. The molecule has 5 heteroatoms. The van der Waals surface area contributed by atoms with E-state index in [-0.39, 0.29) is 6.17 Å². The predicted molar refractivity (Wildman–Crippen MR) is 197 cm³/mol. The molecule has 3 aliphatic rings. The second kappa shape index (κ2) is 9.80. The molecule has 0 saturated carbocycles. The van der Waals surface area contributed by atoms with E-state index in [2.05, 4.69) is 150 Å². The fourth-order valence-corrected chi connectivity index (χ4v) is 11.3. The lowest BCUT2D eigenvalue weighted by atomic mass is 9.95. The van der Waals surface area contributed by atoms with Crippen LogP contribution in [-0.2, 0) is 6.42 Å². The first-order valence-electron chi connectivity index (χ1n) is 16.6. The van der Waals surface area contributed by atoms with E-state index >= 15 is 0 Å². The minimum atomic E-state index is -1.97. The third-order valence-electron chi connectivity index (χ3n) is 10.5. The molecule has 0 amide bonds. The van der Waals surface area contributed by atoms with Crippen molar-refractivity contribution in [2.75, 3.05) is 0 Å². The van der Waals surface area contributed by atoms with E-state index in [9.17, 15) is 0 Å². The molecule has 10 rings (SSSR count). The highest BCUT2D eigenvalue weighted by Crippen LogP contribution is 2.43. The van der Waals surface area contributed by atoms with Gasteiger partial charge in [-0.25, -0.2) is 0 Å². The van der Waals surface area contributed by atoms with Crippen LogP contribution in [0, 0.1) is 0 Å². The molecule has 0 fully saturated rings. The van der Waals surface area contributed by atoms with Crippen molar-refractivity contribution in [2.45, 2.75) is 32.1 Å². The van der Waals surface area contributed by atoms with Gasteiger partial charge in [0, 0.05) is 44.0 Å². The van der Waals surface area contributed by atoms with E-state index in [4.69, 9.17) is 9.41 Å². The van der Waals surface area contributed by atoms with Crippen LogP contribution in [-0.4, -0.2) is 18.4 Å². The van der Waals surface area contributed by atoms with Gasteiger partial charge in [-0.15, -0.1) is 0 Å². The van der Waals surface area contributed by atoms with Gasteiger partial charge < -0.3 is 14.3 Å². The summed E-state index contributed by atoms with van der Waals surface area (Å²) in [5.74, 6) is 0. The molecular weight excluding hydrogens is 591 g/mol. The number of hydrogen-bond donors (Lipinski definition) is 1. The average Bonchev–Trinajstić information content (AvgIpc) is 3.74. The molecule has 5 aromatic carbocycles. The van der Waals surface area contributed by atoms with E-state index in [1.54, 1.807) is 0 Å². The fraction of sp³-hybridized carbons (Fsp3) is 0.119. The predicted octanol–water partition coefficient (Wildman–Crippen LogP) is 9.46. The largest absolute Gasteiger partial charge is 0.455 e. The molecule has 1 N–H and O–H groups in total. The number of aromatic nitrogens is 1. The van der Waals surface area contributed by atoms with Crippen LogP contribution in [0.3, 0.4) is 0 Å². The number of fused-ring (bicyclic) bond motifs is 9. The maximum absolute atomic E-state index is 6.57. The Balaban J connectivity index is 1.15. The molecule has 2 aromatic heterocycles. The number of furan rings is 1. The molecule has 0 bridgehead atoms. The third kappa shape index (κ3) is 3.78. The van der Waals surface area contributed by atoms with Crippen LogP contribution < -0.4 is 10.5 Å². The molecule has 0 saturated heterocycles. The van der Waals surface area contributed by atoms with Crippen molar-refractivity contribution in [1.29, 1.82) is 0 Å². The Morgan fingerprint density at radius 1 is 0.830 bits per heavy atom. The highest BCUT2D eigenvalue weighted by molar-refractivity contribution is 6.99. The fourth-order valence-electron chi connectivity index (χ4n) is 8.27. The van der Waals surface area contributed by atoms with Gasteiger partial charge in [0.1, 0.15) is 25.4 Å². The molecule has 47 heavy (non-hydrogen) atoms. The number of nitrogens with zero attached hydrogens (tertiary/aromatic N) is 2. The van der Waals surface area contributed by atoms with Crippen molar-refractivity contribution in [2.24, 2.45) is 4.99 Å². The Bertz CT molecular complexity index is 2530. The summed E-state index contributed by atoms with van der Waals surface area (Å²) < 4.78 is 9.00. The highest BCUT2D eigenvalue weighted by atomic mass is 28.3. The second-order valence-corrected chi connectivity index (χ2v) is 17.8.